The molecule has 1 aliphatic carbocycles. The highest BCUT2D eigenvalue weighted by molar-refractivity contribution is 7.20. The normalized spacial score (nSPS) is 14.7. The highest BCUT2D eigenvalue weighted by atomic mass is 32.1. The number of aromatic nitrogens is 2. The molecule has 20 heavy (non-hydrogen) atoms. The van der Waals surface area contributed by atoms with Gasteiger partial charge in [-0.05, 0) is 25.3 Å². The van der Waals surface area contributed by atoms with Crippen molar-refractivity contribution in [1.82, 2.24) is 9.66 Å². The maximum atomic E-state index is 12.2. The number of hydrogen-bond donors (Lipinski definition) is 2. The van der Waals surface area contributed by atoms with E-state index in [1.807, 2.05) is 0 Å². The molecule has 3 N–H and O–H groups in total. The van der Waals surface area contributed by atoms with E-state index < -0.39 is 5.97 Å². The van der Waals surface area contributed by atoms with Gasteiger partial charge in [0.1, 0.15) is 15.4 Å². The number of nitrogen functional groups attached to an aromatic ring is 1. The van der Waals surface area contributed by atoms with Crippen LogP contribution in [0.4, 0.5) is 0 Å². The van der Waals surface area contributed by atoms with Crippen molar-refractivity contribution < 1.29 is 9.90 Å². The number of thiophene rings is 1. The van der Waals surface area contributed by atoms with Crippen LogP contribution in [0.15, 0.2) is 22.5 Å². The highest BCUT2D eigenvalue weighted by Crippen LogP contribution is 2.24. The first-order chi connectivity index (χ1) is 9.56. The van der Waals surface area contributed by atoms with Crippen molar-refractivity contribution in [3.8, 4) is 0 Å². The molecule has 1 aliphatic rings. The first-order valence-corrected chi connectivity index (χ1v) is 7.09. The van der Waals surface area contributed by atoms with E-state index in [1.165, 1.54) is 11.6 Å². The molecule has 0 saturated heterocycles. The average molecular weight is 291 g/mol. The lowest BCUT2D eigenvalue weighted by Gasteiger charge is -2.07. The van der Waals surface area contributed by atoms with Gasteiger partial charge in [0.05, 0.1) is 5.52 Å². The molecule has 0 amide bonds. The number of hydrogen-bond acceptors (Lipinski definition) is 5. The Bertz CT molecular complexity index is 788. The van der Waals surface area contributed by atoms with E-state index in [1.54, 1.807) is 0 Å². The van der Waals surface area contributed by atoms with Gasteiger partial charge < -0.3 is 10.9 Å². The monoisotopic (exact) mass is 291 g/mol. The number of fused-ring (bicyclic) bond motifs is 1. The number of carboxylic acid groups (broad SMARTS) is 1. The van der Waals surface area contributed by atoms with Crippen molar-refractivity contribution in [3.63, 3.8) is 0 Å². The van der Waals surface area contributed by atoms with Gasteiger partial charge in [-0.15, -0.1) is 11.3 Å². The number of nitrogens with two attached hydrogens (primary N) is 1. The number of nitrogens with zero attached hydrogens (tertiary/aromatic N) is 2. The number of allylic oxidation sites excluding steroid dienone is 2. The molecule has 2 heterocycles. The molecule has 2 aromatic rings. The van der Waals surface area contributed by atoms with E-state index >= 15 is 0 Å². The lowest BCUT2D eigenvalue weighted by molar-refractivity contribution is 0.0702. The summed E-state index contributed by atoms with van der Waals surface area (Å²) in [5.74, 6) is 5.20. The predicted octanol–water partition coefficient (Wildman–Crippen LogP) is 1.52. The summed E-state index contributed by atoms with van der Waals surface area (Å²) in [6.45, 7) is 0. The zero-order chi connectivity index (χ0) is 14.3. The lowest BCUT2D eigenvalue weighted by Crippen LogP contribution is -2.31. The van der Waals surface area contributed by atoms with E-state index in [0.29, 0.717) is 17.8 Å². The molecule has 0 bridgehead atoms. The first-order valence-electron chi connectivity index (χ1n) is 6.28. The molecule has 0 aliphatic heterocycles. The SMILES string of the molecule is Nn1c(CC2=CCCC2)nc2cc(C(=O)O)sc2c1=O. The Hall–Kier alpha value is -2.15. The Morgan fingerprint density at radius 3 is 3.00 bits per heavy atom. The van der Waals surface area contributed by atoms with E-state index in [2.05, 4.69) is 11.1 Å². The van der Waals surface area contributed by atoms with Crippen LogP contribution in [-0.2, 0) is 6.42 Å². The fourth-order valence-corrected chi connectivity index (χ4v) is 3.24. The van der Waals surface area contributed by atoms with Crippen LogP contribution >= 0.6 is 11.3 Å². The van der Waals surface area contributed by atoms with E-state index in [4.69, 9.17) is 10.9 Å². The van der Waals surface area contributed by atoms with Gasteiger partial charge >= 0.3 is 5.97 Å². The van der Waals surface area contributed by atoms with Crippen LogP contribution in [-0.4, -0.2) is 20.7 Å². The summed E-state index contributed by atoms with van der Waals surface area (Å²) in [6, 6.07) is 1.43. The maximum absolute atomic E-state index is 12.2. The molecule has 0 atom stereocenters. The molecule has 0 unspecified atom stereocenters. The third-order valence-electron chi connectivity index (χ3n) is 3.38. The van der Waals surface area contributed by atoms with Crippen LogP contribution in [0, 0.1) is 0 Å². The Morgan fingerprint density at radius 2 is 2.35 bits per heavy atom. The third kappa shape index (κ3) is 2.09. The standard InChI is InChI=1S/C13H13N3O3S/c14-16-10(5-7-3-1-2-4-7)15-8-6-9(13(18)19)20-11(8)12(16)17/h3,6H,1-2,4-5,14H2,(H,18,19). The topological polar surface area (TPSA) is 98.2 Å². The number of rotatable bonds is 3. The van der Waals surface area contributed by atoms with Crippen LogP contribution in [0.2, 0.25) is 0 Å². The molecule has 104 valence electrons. The molecular weight excluding hydrogens is 278 g/mol. The Labute approximate surface area is 118 Å². The van der Waals surface area contributed by atoms with Gasteiger partial charge in [-0.25, -0.2) is 14.5 Å². The minimum atomic E-state index is -1.06. The zero-order valence-electron chi connectivity index (χ0n) is 10.6. The van der Waals surface area contributed by atoms with Gasteiger partial charge in [-0.3, -0.25) is 4.79 Å². The van der Waals surface area contributed by atoms with Crippen LogP contribution in [0.3, 0.4) is 0 Å². The summed E-state index contributed by atoms with van der Waals surface area (Å²) in [6.07, 6.45) is 5.85. The molecular formula is C13H13N3O3S. The van der Waals surface area contributed by atoms with Gasteiger partial charge in [-0.2, -0.15) is 0 Å². The predicted molar refractivity (Wildman–Crippen MR) is 76.6 cm³/mol. The van der Waals surface area contributed by atoms with Gasteiger partial charge in [0.2, 0.25) is 0 Å². The van der Waals surface area contributed by atoms with Crippen LogP contribution < -0.4 is 11.4 Å². The zero-order valence-corrected chi connectivity index (χ0v) is 11.4. The number of carbonyl (C=O) groups is 1. The van der Waals surface area contributed by atoms with Crippen molar-refractivity contribution >= 4 is 27.5 Å². The third-order valence-corrected chi connectivity index (χ3v) is 4.48. The fourth-order valence-electron chi connectivity index (χ4n) is 2.37. The Balaban J connectivity index is 2.11. The summed E-state index contributed by atoms with van der Waals surface area (Å²) in [4.78, 5) is 27.6. The molecule has 6 nitrogen and oxygen atoms in total. The minimum Gasteiger partial charge on any atom is -0.477 e. The van der Waals surface area contributed by atoms with Crippen LogP contribution in [0.5, 0.6) is 0 Å². The van der Waals surface area contributed by atoms with Crippen LogP contribution in [0.1, 0.15) is 34.8 Å². The molecule has 2 aromatic heterocycles. The minimum absolute atomic E-state index is 0.0989. The summed E-state index contributed by atoms with van der Waals surface area (Å²) >= 11 is 0.908. The largest absolute Gasteiger partial charge is 0.477 e. The maximum Gasteiger partial charge on any atom is 0.345 e. The van der Waals surface area contributed by atoms with E-state index in [0.717, 1.165) is 35.3 Å². The van der Waals surface area contributed by atoms with Crippen molar-refractivity contribution in [2.45, 2.75) is 25.7 Å². The Morgan fingerprint density at radius 1 is 1.55 bits per heavy atom. The average Bonchev–Trinajstić information content (AvgIpc) is 3.04. The molecule has 0 aromatic carbocycles. The van der Waals surface area contributed by atoms with Crippen molar-refractivity contribution in [3.05, 3.63) is 38.8 Å². The molecule has 0 saturated carbocycles. The van der Waals surface area contributed by atoms with Crippen molar-refractivity contribution in [2.24, 2.45) is 0 Å². The van der Waals surface area contributed by atoms with Gasteiger partial charge in [0.15, 0.2) is 0 Å². The van der Waals surface area contributed by atoms with E-state index in [-0.39, 0.29) is 15.1 Å². The molecule has 0 radical (unpaired) electrons. The van der Waals surface area contributed by atoms with Gasteiger partial charge in [-0.1, -0.05) is 11.6 Å². The van der Waals surface area contributed by atoms with Crippen molar-refractivity contribution in [2.75, 3.05) is 5.84 Å². The first kappa shape index (κ1) is 12.9. The smallest absolute Gasteiger partial charge is 0.345 e. The Kier molecular flexibility index (Phi) is 3.06. The summed E-state index contributed by atoms with van der Waals surface area (Å²) < 4.78 is 1.32. The summed E-state index contributed by atoms with van der Waals surface area (Å²) in [7, 11) is 0. The molecule has 0 fully saturated rings. The number of aromatic carboxylic acids is 1. The van der Waals surface area contributed by atoms with Gasteiger partial charge in [0, 0.05) is 6.42 Å². The van der Waals surface area contributed by atoms with Crippen LogP contribution in [0.25, 0.3) is 10.2 Å². The molecule has 7 heteroatoms. The summed E-state index contributed by atoms with van der Waals surface area (Å²) in [5, 5.41) is 8.98. The second-order valence-electron chi connectivity index (χ2n) is 4.76. The lowest BCUT2D eigenvalue weighted by atomic mass is 10.1. The van der Waals surface area contributed by atoms with E-state index in [9.17, 15) is 9.59 Å². The second-order valence-corrected chi connectivity index (χ2v) is 5.82. The van der Waals surface area contributed by atoms with Gasteiger partial charge in [0.25, 0.3) is 5.56 Å². The molecule has 3 rings (SSSR count). The quantitative estimate of drug-likeness (QED) is 0.660. The molecule has 0 spiro atoms. The summed E-state index contributed by atoms with van der Waals surface area (Å²) in [5.41, 5.74) is 1.25. The number of carboxylic acids is 1. The van der Waals surface area contributed by atoms with Crippen molar-refractivity contribution in [1.29, 1.82) is 0 Å². The fraction of sp³-hybridized carbons (Fsp3) is 0.308. The second kappa shape index (κ2) is 4.75. The highest BCUT2D eigenvalue weighted by Gasteiger charge is 2.17.